The van der Waals surface area contributed by atoms with E-state index in [1.807, 2.05) is 0 Å². The lowest BCUT2D eigenvalue weighted by Crippen LogP contribution is -2.38. The van der Waals surface area contributed by atoms with Gasteiger partial charge in [-0.05, 0) is 30.7 Å². The van der Waals surface area contributed by atoms with Crippen LogP contribution in [0.1, 0.15) is 12.5 Å². The average Bonchev–Trinajstić information content (AvgIpc) is 2.12. The van der Waals surface area contributed by atoms with E-state index in [0.717, 1.165) is 5.56 Å². The topological polar surface area (TPSA) is 55.1 Å². The number of carbonyl (C=O) groups is 1. The first-order valence-electron chi connectivity index (χ1n) is 4.46. The van der Waals surface area contributed by atoms with Crippen LogP contribution in [0, 0.1) is 0 Å². The second-order valence-electron chi connectivity index (χ2n) is 3.28. The van der Waals surface area contributed by atoms with Gasteiger partial charge in [0, 0.05) is 16.6 Å². The van der Waals surface area contributed by atoms with Crippen LogP contribution >= 0.6 is 23.2 Å². The van der Waals surface area contributed by atoms with Crippen LogP contribution in [0.2, 0.25) is 10.0 Å². The molecule has 0 spiro atoms. The summed E-state index contributed by atoms with van der Waals surface area (Å²) in [5.74, 6) is -0.386. The van der Waals surface area contributed by atoms with Crippen molar-refractivity contribution in [3.8, 4) is 0 Å². The number of nitrogens with two attached hydrogens (primary N) is 1. The van der Waals surface area contributed by atoms with E-state index >= 15 is 0 Å². The summed E-state index contributed by atoms with van der Waals surface area (Å²) >= 11 is 11.6. The molecule has 5 heteroatoms. The Hall–Kier alpha value is -0.770. The minimum atomic E-state index is -0.386. The molecule has 0 aliphatic rings. The van der Waals surface area contributed by atoms with E-state index in [-0.39, 0.29) is 11.9 Å². The van der Waals surface area contributed by atoms with E-state index in [0.29, 0.717) is 16.6 Å². The minimum Gasteiger partial charge on any atom is -0.368 e. The highest BCUT2D eigenvalue weighted by atomic mass is 35.5. The molecule has 0 radical (unpaired) electrons. The maximum Gasteiger partial charge on any atom is 0.234 e. The van der Waals surface area contributed by atoms with Crippen LogP contribution in [0.5, 0.6) is 0 Å². The summed E-state index contributed by atoms with van der Waals surface area (Å²) in [4.78, 5) is 10.8. The third-order valence-corrected chi connectivity index (χ3v) is 2.40. The first kappa shape index (κ1) is 12.3. The van der Waals surface area contributed by atoms with Gasteiger partial charge in [0.2, 0.25) is 5.91 Å². The standard InChI is InChI=1S/C10H12Cl2N2O/c1-6(10(13)15)14-5-7-2-8(11)4-9(12)3-7/h2-4,6,14H,5H2,1H3,(H2,13,15). The van der Waals surface area contributed by atoms with Gasteiger partial charge in [-0.25, -0.2) is 0 Å². The lowest BCUT2D eigenvalue weighted by Gasteiger charge is -2.10. The Labute approximate surface area is 98.5 Å². The number of rotatable bonds is 4. The zero-order valence-electron chi connectivity index (χ0n) is 8.26. The van der Waals surface area contributed by atoms with E-state index < -0.39 is 0 Å². The highest BCUT2D eigenvalue weighted by molar-refractivity contribution is 6.34. The van der Waals surface area contributed by atoms with Crippen molar-refractivity contribution in [2.75, 3.05) is 0 Å². The SMILES string of the molecule is CC(NCc1cc(Cl)cc(Cl)c1)C(N)=O. The molecule has 15 heavy (non-hydrogen) atoms. The van der Waals surface area contributed by atoms with Crippen molar-refractivity contribution in [2.24, 2.45) is 5.73 Å². The molecule has 0 saturated carbocycles. The quantitative estimate of drug-likeness (QED) is 0.854. The summed E-state index contributed by atoms with van der Waals surface area (Å²) in [7, 11) is 0. The van der Waals surface area contributed by atoms with Crippen LogP contribution in [0.4, 0.5) is 0 Å². The molecular weight excluding hydrogens is 235 g/mol. The van der Waals surface area contributed by atoms with Crippen LogP contribution < -0.4 is 11.1 Å². The minimum absolute atomic E-state index is 0.372. The average molecular weight is 247 g/mol. The summed E-state index contributed by atoms with van der Waals surface area (Å²) < 4.78 is 0. The summed E-state index contributed by atoms with van der Waals surface area (Å²) in [6, 6.07) is 4.86. The second kappa shape index (κ2) is 5.35. The Kier molecular flexibility index (Phi) is 4.39. The molecule has 1 unspecified atom stereocenters. The number of nitrogens with one attached hydrogen (secondary N) is 1. The smallest absolute Gasteiger partial charge is 0.234 e. The highest BCUT2D eigenvalue weighted by Crippen LogP contribution is 2.18. The lowest BCUT2D eigenvalue weighted by molar-refractivity contribution is -0.119. The van der Waals surface area contributed by atoms with E-state index in [1.165, 1.54) is 0 Å². The van der Waals surface area contributed by atoms with Crippen molar-refractivity contribution >= 4 is 29.1 Å². The van der Waals surface area contributed by atoms with Crippen molar-refractivity contribution in [3.63, 3.8) is 0 Å². The van der Waals surface area contributed by atoms with Gasteiger partial charge < -0.3 is 11.1 Å². The molecule has 0 bridgehead atoms. The monoisotopic (exact) mass is 246 g/mol. The molecule has 0 fully saturated rings. The van der Waals surface area contributed by atoms with Gasteiger partial charge in [-0.3, -0.25) is 4.79 Å². The van der Waals surface area contributed by atoms with Crippen LogP contribution in [0.25, 0.3) is 0 Å². The van der Waals surface area contributed by atoms with Gasteiger partial charge in [-0.15, -0.1) is 0 Å². The highest BCUT2D eigenvalue weighted by Gasteiger charge is 2.07. The third kappa shape index (κ3) is 4.08. The molecule has 0 aliphatic carbocycles. The summed E-state index contributed by atoms with van der Waals surface area (Å²) in [5, 5.41) is 4.11. The Morgan fingerprint density at radius 1 is 1.40 bits per heavy atom. The number of halogens is 2. The number of hydrogen-bond donors (Lipinski definition) is 2. The van der Waals surface area contributed by atoms with Gasteiger partial charge in [0.05, 0.1) is 6.04 Å². The maximum absolute atomic E-state index is 10.8. The molecule has 1 rings (SSSR count). The van der Waals surface area contributed by atoms with Crippen molar-refractivity contribution in [3.05, 3.63) is 33.8 Å². The first-order valence-corrected chi connectivity index (χ1v) is 5.22. The fourth-order valence-electron chi connectivity index (χ4n) is 1.08. The third-order valence-electron chi connectivity index (χ3n) is 1.96. The Morgan fingerprint density at radius 2 is 1.93 bits per heavy atom. The maximum atomic E-state index is 10.8. The molecule has 1 aromatic rings. The molecule has 0 heterocycles. The molecule has 1 aromatic carbocycles. The molecule has 3 nitrogen and oxygen atoms in total. The summed E-state index contributed by atoms with van der Waals surface area (Å²) in [6.07, 6.45) is 0. The number of benzene rings is 1. The van der Waals surface area contributed by atoms with Crippen molar-refractivity contribution < 1.29 is 4.79 Å². The Balaban J connectivity index is 2.61. The summed E-state index contributed by atoms with van der Waals surface area (Å²) in [5.41, 5.74) is 6.02. The molecule has 1 atom stereocenters. The van der Waals surface area contributed by atoms with E-state index in [4.69, 9.17) is 28.9 Å². The van der Waals surface area contributed by atoms with E-state index in [2.05, 4.69) is 5.32 Å². The van der Waals surface area contributed by atoms with E-state index in [1.54, 1.807) is 25.1 Å². The molecule has 1 amide bonds. The number of amides is 1. The van der Waals surface area contributed by atoms with Gasteiger partial charge in [-0.1, -0.05) is 23.2 Å². The second-order valence-corrected chi connectivity index (χ2v) is 4.16. The van der Waals surface area contributed by atoms with Gasteiger partial charge >= 0.3 is 0 Å². The molecular formula is C10H12Cl2N2O. The normalized spacial score (nSPS) is 12.5. The van der Waals surface area contributed by atoms with Crippen LogP contribution in [0.15, 0.2) is 18.2 Å². The van der Waals surface area contributed by atoms with Crippen LogP contribution in [0.3, 0.4) is 0 Å². The molecule has 0 saturated heterocycles. The van der Waals surface area contributed by atoms with Crippen LogP contribution in [-0.2, 0) is 11.3 Å². The van der Waals surface area contributed by atoms with Gasteiger partial charge in [0.1, 0.15) is 0 Å². The fourth-order valence-corrected chi connectivity index (χ4v) is 1.66. The Bertz CT molecular complexity index is 348. The summed E-state index contributed by atoms with van der Waals surface area (Å²) in [6.45, 7) is 2.21. The van der Waals surface area contributed by atoms with Gasteiger partial charge in [-0.2, -0.15) is 0 Å². The van der Waals surface area contributed by atoms with Crippen molar-refractivity contribution in [1.82, 2.24) is 5.32 Å². The number of hydrogen-bond acceptors (Lipinski definition) is 2. The fraction of sp³-hybridized carbons (Fsp3) is 0.300. The van der Waals surface area contributed by atoms with Crippen molar-refractivity contribution in [1.29, 1.82) is 0 Å². The first-order chi connectivity index (χ1) is 6.99. The van der Waals surface area contributed by atoms with Crippen molar-refractivity contribution in [2.45, 2.75) is 19.5 Å². The van der Waals surface area contributed by atoms with E-state index in [9.17, 15) is 4.79 Å². The predicted octanol–water partition coefficient (Wildman–Crippen LogP) is 1.96. The van der Waals surface area contributed by atoms with Gasteiger partial charge in [0.25, 0.3) is 0 Å². The molecule has 0 aliphatic heterocycles. The molecule has 82 valence electrons. The molecule has 3 N–H and O–H groups in total. The number of primary amides is 1. The Morgan fingerprint density at radius 3 is 2.40 bits per heavy atom. The molecule has 0 aromatic heterocycles. The largest absolute Gasteiger partial charge is 0.368 e. The lowest BCUT2D eigenvalue weighted by atomic mass is 10.2. The predicted molar refractivity (Wildman–Crippen MR) is 62.0 cm³/mol. The van der Waals surface area contributed by atoms with Crippen LogP contribution in [-0.4, -0.2) is 11.9 Å². The zero-order valence-corrected chi connectivity index (χ0v) is 9.77. The zero-order chi connectivity index (χ0) is 11.4. The number of carbonyl (C=O) groups excluding carboxylic acids is 1. The van der Waals surface area contributed by atoms with Gasteiger partial charge in [0.15, 0.2) is 0 Å².